The number of amides is 2. The molecule has 0 aliphatic carbocycles. The normalized spacial score (nSPS) is 17.6. The van der Waals surface area contributed by atoms with E-state index in [1.807, 2.05) is 0 Å². The summed E-state index contributed by atoms with van der Waals surface area (Å²) in [5, 5.41) is 2.45. The lowest BCUT2D eigenvalue weighted by Crippen LogP contribution is -2.50. The molecule has 0 aromatic heterocycles. The number of halogens is 1. The monoisotopic (exact) mass is 217 g/mol. The molecule has 1 N–H and O–H groups in total. The van der Waals surface area contributed by atoms with Crippen molar-refractivity contribution in [1.82, 2.24) is 15.1 Å². The standard InChI is InChI=1S/C9H16FN3O2/c1-8(14)11-6-9(15)13-4-2-12(7-10)3-5-13/h2-7H2,1H3,(H,11,14). The van der Waals surface area contributed by atoms with Crippen molar-refractivity contribution in [3.05, 3.63) is 0 Å². The number of carbonyl (C=O) groups excluding carboxylic acids is 2. The number of rotatable bonds is 3. The van der Waals surface area contributed by atoms with Gasteiger partial charge in [0.25, 0.3) is 0 Å². The fourth-order valence-corrected chi connectivity index (χ4v) is 1.43. The Balaban J connectivity index is 2.27. The topological polar surface area (TPSA) is 52.7 Å². The number of carbonyl (C=O) groups is 2. The number of piperazine rings is 1. The van der Waals surface area contributed by atoms with Gasteiger partial charge in [-0.3, -0.25) is 14.5 Å². The van der Waals surface area contributed by atoms with Gasteiger partial charge in [0, 0.05) is 33.1 Å². The lowest BCUT2D eigenvalue weighted by Gasteiger charge is -2.33. The molecule has 5 nitrogen and oxygen atoms in total. The Morgan fingerprint density at radius 3 is 2.33 bits per heavy atom. The van der Waals surface area contributed by atoms with E-state index in [1.54, 1.807) is 9.80 Å². The highest BCUT2D eigenvalue weighted by atomic mass is 19.1. The molecule has 1 rings (SSSR count). The molecule has 0 aromatic carbocycles. The molecule has 0 radical (unpaired) electrons. The molecule has 2 amide bonds. The van der Waals surface area contributed by atoms with E-state index in [-0.39, 0.29) is 18.4 Å². The van der Waals surface area contributed by atoms with Gasteiger partial charge in [-0.1, -0.05) is 0 Å². The number of hydrogen-bond donors (Lipinski definition) is 1. The van der Waals surface area contributed by atoms with E-state index < -0.39 is 6.80 Å². The summed E-state index contributed by atoms with van der Waals surface area (Å²) in [5.41, 5.74) is 0. The molecule has 0 spiro atoms. The van der Waals surface area contributed by atoms with Crippen LogP contribution in [0, 0.1) is 0 Å². The molecule has 1 aliphatic rings. The Kier molecular flexibility index (Phi) is 4.48. The van der Waals surface area contributed by atoms with Crippen molar-refractivity contribution >= 4 is 11.8 Å². The van der Waals surface area contributed by atoms with Crippen LogP contribution in [0.15, 0.2) is 0 Å². The lowest BCUT2D eigenvalue weighted by atomic mass is 10.3. The minimum Gasteiger partial charge on any atom is -0.347 e. The van der Waals surface area contributed by atoms with Gasteiger partial charge >= 0.3 is 0 Å². The van der Waals surface area contributed by atoms with Crippen molar-refractivity contribution < 1.29 is 14.0 Å². The first-order valence-electron chi connectivity index (χ1n) is 4.94. The van der Waals surface area contributed by atoms with E-state index in [4.69, 9.17) is 0 Å². The second kappa shape index (κ2) is 5.65. The first-order valence-corrected chi connectivity index (χ1v) is 4.94. The minimum atomic E-state index is -0.465. The van der Waals surface area contributed by atoms with Crippen LogP contribution in [0.4, 0.5) is 4.39 Å². The fourth-order valence-electron chi connectivity index (χ4n) is 1.43. The average Bonchev–Trinajstić information content (AvgIpc) is 2.26. The summed E-state index contributed by atoms with van der Waals surface area (Å²) in [7, 11) is 0. The maximum atomic E-state index is 12.2. The molecule has 0 unspecified atom stereocenters. The van der Waals surface area contributed by atoms with Gasteiger partial charge in [0.2, 0.25) is 11.8 Å². The summed E-state index contributed by atoms with van der Waals surface area (Å²) >= 11 is 0. The molecule has 15 heavy (non-hydrogen) atoms. The highest BCUT2D eigenvalue weighted by Gasteiger charge is 2.20. The Morgan fingerprint density at radius 2 is 1.87 bits per heavy atom. The van der Waals surface area contributed by atoms with Crippen LogP contribution in [0.1, 0.15) is 6.92 Å². The van der Waals surface area contributed by atoms with E-state index in [9.17, 15) is 14.0 Å². The summed E-state index contributed by atoms with van der Waals surface area (Å²) in [5.74, 6) is -0.325. The molecule has 1 fully saturated rings. The van der Waals surface area contributed by atoms with Crippen LogP contribution in [-0.4, -0.2) is 61.1 Å². The molecular weight excluding hydrogens is 201 g/mol. The van der Waals surface area contributed by atoms with Crippen molar-refractivity contribution in [2.75, 3.05) is 39.5 Å². The SMILES string of the molecule is CC(=O)NCC(=O)N1CCN(CF)CC1. The fraction of sp³-hybridized carbons (Fsp3) is 0.778. The van der Waals surface area contributed by atoms with Crippen LogP contribution in [-0.2, 0) is 9.59 Å². The van der Waals surface area contributed by atoms with Gasteiger partial charge < -0.3 is 10.2 Å². The largest absolute Gasteiger partial charge is 0.347 e. The van der Waals surface area contributed by atoms with E-state index in [1.165, 1.54) is 6.92 Å². The quantitative estimate of drug-likeness (QED) is 0.629. The molecule has 0 aromatic rings. The van der Waals surface area contributed by atoms with Gasteiger partial charge in [0.05, 0.1) is 6.54 Å². The predicted octanol–water partition coefficient (Wildman–Crippen LogP) is -0.806. The zero-order valence-electron chi connectivity index (χ0n) is 8.83. The van der Waals surface area contributed by atoms with Crippen molar-refractivity contribution in [3.63, 3.8) is 0 Å². The van der Waals surface area contributed by atoms with E-state index in [2.05, 4.69) is 5.32 Å². The molecule has 0 atom stereocenters. The number of nitrogens with one attached hydrogen (secondary N) is 1. The first-order chi connectivity index (χ1) is 7.13. The van der Waals surface area contributed by atoms with Gasteiger partial charge in [0.15, 0.2) is 0 Å². The van der Waals surface area contributed by atoms with Gasteiger partial charge in [-0.2, -0.15) is 0 Å². The highest BCUT2D eigenvalue weighted by Crippen LogP contribution is 2.01. The molecular formula is C9H16FN3O2. The van der Waals surface area contributed by atoms with Gasteiger partial charge in [-0.25, -0.2) is 4.39 Å². The van der Waals surface area contributed by atoms with Crippen LogP contribution < -0.4 is 5.32 Å². The van der Waals surface area contributed by atoms with Crippen LogP contribution in [0.25, 0.3) is 0 Å². The molecule has 1 heterocycles. The molecule has 1 saturated heterocycles. The first kappa shape index (κ1) is 11.9. The summed E-state index contributed by atoms with van der Waals surface area (Å²) in [4.78, 5) is 25.4. The molecule has 0 bridgehead atoms. The maximum Gasteiger partial charge on any atom is 0.242 e. The van der Waals surface area contributed by atoms with Crippen molar-refractivity contribution in [1.29, 1.82) is 0 Å². The average molecular weight is 217 g/mol. The summed E-state index contributed by atoms with van der Waals surface area (Å²) < 4.78 is 12.2. The Labute approximate surface area is 88.2 Å². The summed E-state index contributed by atoms with van der Waals surface area (Å²) in [6.07, 6.45) is 0. The van der Waals surface area contributed by atoms with Gasteiger partial charge in [-0.15, -0.1) is 0 Å². The van der Waals surface area contributed by atoms with Gasteiger partial charge in [0.1, 0.15) is 6.80 Å². The Morgan fingerprint density at radius 1 is 1.27 bits per heavy atom. The second-order valence-corrected chi connectivity index (χ2v) is 3.53. The molecule has 86 valence electrons. The zero-order valence-corrected chi connectivity index (χ0v) is 8.83. The third-order valence-electron chi connectivity index (χ3n) is 2.38. The summed E-state index contributed by atoms with van der Waals surface area (Å²) in [6.45, 7) is 3.11. The van der Waals surface area contributed by atoms with Crippen LogP contribution >= 0.6 is 0 Å². The van der Waals surface area contributed by atoms with Crippen LogP contribution in [0.2, 0.25) is 0 Å². The van der Waals surface area contributed by atoms with Crippen molar-refractivity contribution in [2.24, 2.45) is 0 Å². The Hall–Kier alpha value is -1.17. The van der Waals surface area contributed by atoms with Crippen molar-refractivity contribution in [3.8, 4) is 0 Å². The van der Waals surface area contributed by atoms with Crippen LogP contribution in [0.5, 0.6) is 0 Å². The molecule has 6 heteroatoms. The highest BCUT2D eigenvalue weighted by molar-refractivity contribution is 5.83. The van der Waals surface area contributed by atoms with E-state index in [0.29, 0.717) is 26.2 Å². The second-order valence-electron chi connectivity index (χ2n) is 3.53. The van der Waals surface area contributed by atoms with Crippen molar-refractivity contribution in [2.45, 2.75) is 6.92 Å². The number of alkyl halides is 1. The van der Waals surface area contributed by atoms with E-state index >= 15 is 0 Å². The third-order valence-corrected chi connectivity index (χ3v) is 2.38. The predicted molar refractivity (Wildman–Crippen MR) is 52.8 cm³/mol. The lowest BCUT2D eigenvalue weighted by molar-refractivity contribution is -0.134. The maximum absolute atomic E-state index is 12.2. The van der Waals surface area contributed by atoms with Gasteiger partial charge in [-0.05, 0) is 0 Å². The van der Waals surface area contributed by atoms with E-state index in [0.717, 1.165) is 0 Å². The summed E-state index contributed by atoms with van der Waals surface area (Å²) in [6, 6.07) is 0. The Bertz CT molecular complexity index is 240. The molecule has 0 saturated carbocycles. The zero-order chi connectivity index (χ0) is 11.3. The molecule has 1 aliphatic heterocycles. The minimum absolute atomic E-state index is 0.0327. The van der Waals surface area contributed by atoms with Crippen LogP contribution in [0.3, 0.4) is 0 Å². The number of nitrogens with zero attached hydrogens (tertiary/aromatic N) is 2. The smallest absolute Gasteiger partial charge is 0.242 e. The third kappa shape index (κ3) is 3.83. The number of hydrogen-bond acceptors (Lipinski definition) is 3.